The molecule has 1 amide bonds. The Hall–Kier alpha value is -2.25. The van der Waals surface area contributed by atoms with Crippen LogP contribution < -0.4 is 4.74 Å². The van der Waals surface area contributed by atoms with Gasteiger partial charge in [0.2, 0.25) is 5.91 Å². The van der Waals surface area contributed by atoms with Crippen molar-refractivity contribution in [2.24, 2.45) is 17.3 Å². The lowest BCUT2D eigenvalue weighted by molar-refractivity contribution is -0.274. The molecule has 2 saturated carbocycles. The van der Waals surface area contributed by atoms with Gasteiger partial charge in [-0.15, -0.1) is 13.2 Å². The summed E-state index contributed by atoms with van der Waals surface area (Å²) < 4.78 is 40.8. The van der Waals surface area contributed by atoms with Gasteiger partial charge in [-0.25, -0.2) is 4.79 Å². The fourth-order valence-corrected chi connectivity index (χ4v) is 4.78. The number of piperidine rings is 1. The molecule has 27 heavy (non-hydrogen) atoms. The molecule has 4 rings (SSSR count). The van der Waals surface area contributed by atoms with Gasteiger partial charge in [0.15, 0.2) is 0 Å². The number of benzene rings is 1. The van der Waals surface area contributed by atoms with E-state index < -0.39 is 23.8 Å². The average Bonchev–Trinajstić information content (AvgIpc) is 3.39. The van der Waals surface area contributed by atoms with Gasteiger partial charge in [0.05, 0.1) is 5.41 Å². The average molecular weight is 383 g/mol. The Morgan fingerprint density at radius 3 is 2.26 bits per heavy atom. The van der Waals surface area contributed by atoms with Gasteiger partial charge < -0.3 is 14.7 Å². The van der Waals surface area contributed by atoms with Crippen LogP contribution in [0.2, 0.25) is 0 Å². The first-order valence-electron chi connectivity index (χ1n) is 8.87. The van der Waals surface area contributed by atoms with Gasteiger partial charge in [0.25, 0.3) is 0 Å². The highest BCUT2D eigenvalue weighted by molar-refractivity contribution is 5.95. The Balaban J connectivity index is 1.55. The van der Waals surface area contributed by atoms with Crippen LogP contribution in [-0.2, 0) is 15.0 Å². The predicted molar refractivity (Wildman–Crippen MR) is 87.9 cm³/mol. The zero-order valence-corrected chi connectivity index (χ0v) is 14.9. The largest absolute Gasteiger partial charge is 0.573 e. The molecule has 146 valence electrons. The summed E-state index contributed by atoms with van der Waals surface area (Å²) in [4.78, 5) is 26.4. The molecule has 0 spiro atoms. The summed E-state index contributed by atoms with van der Waals surface area (Å²) in [5.41, 5.74) is -0.301. The van der Waals surface area contributed by atoms with Crippen LogP contribution in [0.25, 0.3) is 0 Å². The topological polar surface area (TPSA) is 66.8 Å². The van der Waals surface area contributed by atoms with Crippen LogP contribution in [0.4, 0.5) is 13.2 Å². The van der Waals surface area contributed by atoms with Gasteiger partial charge in [0, 0.05) is 12.5 Å². The Labute approximate surface area is 154 Å². The lowest BCUT2D eigenvalue weighted by Gasteiger charge is -2.31. The lowest BCUT2D eigenvalue weighted by Crippen LogP contribution is -2.49. The number of carbonyl (C=O) groups is 2. The van der Waals surface area contributed by atoms with E-state index in [9.17, 15) is 27.9 Å². The van der Waals surface area contributed by atoms with E-state index in [0.29, 0.717) is 24.9 Å². The van der Waals surface area contributed by atoms with Gasteiger partial charge >= 0.3 is 12.3 Å². The fourth-order valence-electron chi connectivity index (χ4n) is 4.78. The number of alkyl halides is 3. The van der Waals surface area contributed by atoms with Gasteiger partial charge in [0.1, 0.15) is 11.8 Å². The van der Waals surface area contributed by atoms with E-state index in [4.69, 9.17) is 0 Å². The summed E-state index contributed by atoms with van der Waals surface area (Å²) in [6.07, 6.45) is -3.65. The summed E-state index contributed by atoms with van der Waals surface area (Å²) in [5, 5.41) is 9.65. The van der Waals surface area contributed by atoms with E-state index in [-0.39, 0.29) is 28.9 Å². The van der Waals surface area contributed by atoms with Gasteiger partial charge in [-0.2, -0.15) is 0 Å². The second-order valence-corrected chi connectivity index (χ2v) is 8.35. The standard InChI is InChI=1S/C19H20F3NO4/c1-17(2)12-9-23(14(13(12)17)15(24)25)16(26)18(7-8-18)10-3-5-11(6-4-10)27-19(20,21)22/h3-6,12-14H,7-9H2,1-2H3,(H,24,25)/t12-,13-,14-/m0/s1. The molecule has 1 aromatic carbocycles. The Morgan fingerprint density at radius 2 is 1.78 bits per heavy atom. The number of fused-ring (bicyclic) bond motifs is 1. The highest BCUT2D eigenvalue weighted by Gasteiger charge is 2.71. The van der Waals surface area contributed by atoms with Crippen LogP contribution in [0, 0.1) is 17.3 Å². The number of carboxylic acid groups (broad SMARTS) is 1. The van der Waals surface area contributed by atoms with Crippen molar-refractivity contribution in [1.82, 2.24) is 4.90 Å². The molecular weight excluding hydrogens is 363 g/mol. The van der Waals surface area contributed by atoms with Gasteiger partial charge in [-0.3, -0.25) is 4.79 Å². The van der Waals surface area contributed by atoms with Crippen molar-refractivity contribution in [3.63, 3.8) is 0 Å². The number of nitrogens with zero attached hydrogens (tertiary/aromatic N) is 1. The lowest BCUT2D eigenvalue weighted by atomic mass is 9.92. The molecule has 8 heteroatoms. The fraction of sp³-hybridized carbons (Fsp3) is 0.579. The third-order valence-electron chi connectivity index (χ3n) is 6.52. The smallest absolute Gasteiger partial charge is 0.480 e. The van der Waals surface area contributed by atoms with E-state index in [2.05, 4.69) is 4.74 Å². The summed E-state index contributed by atoms with van der Waals surface area (Å²) in [7, 11) is 0. The van der Waals surface area contributed by atoms with Crippen LogP contribution in [0.15, 0.2) is 24.3 Å². The summed E-state index contributed by atoms with van der Waals surface area (Å²) in [6.45, 7) is 4.46. The SMILES string of the molecule is CC1(C)[C@@H]2[C@@H](C(=O)O)N(C(=O)C3(c4ccc(OC(F)(F)F)cc4)CC3)C[C@@H]21. The maximum absolute atomic E-state index is 13.2. The summed E-state index contributed by atoms with van der Waals surface area (Å²) in [6, 6.07) is 4.47. The second-order valence-electron chi connectivity index (χ2n) is 8.35. The van der Waals surface area contributed by atoms with E-state index in [1.165, 1.54) is 29.2 Å². The van der Waals surface area contributed by atoms with E-state index in [1.54, 1.807) is 0 Å². The molecule has 0 radical (unpaired) electrons. The monoisotopic (exact) mass is 383 g/mol. The molecule has 3 atom stereocenters. The number of hydrogen-bond donors (Lipinski definition) is 1. The van der Waals surface area contributed by atoms with Crippen LogP contribution >= 0.6 is 0 Å². The zero-order valence-electron chi connectivity index (χ0n) is 14.9. The Bertz CT molecular complexity index is 798. The molecule has 1 N–H and O–H groups in total. The van der Waals surface area contributed by atoms with Crippen LogP contribution in [0.3, 0.4) is 0 Å². The van der Waals surface area contributed by atoms with Crippen molar-refractivity contribution in [3.8, 4) is 5.75 Å². The number of rotatable bonds is 4. The number of amides is 1. The maximum Gasteiger partial charge on any atom is 0.573 e. The molecular formula is C19H20F3NO4. The number of aliphatic carboxylic acids is 1. The molecule has 2 aliphatic carbocycles. The van der Waals surface area contributed by atoms with Crippen LogP contribution in [0.5, 0.6) is 5.75 Å². The molecule has 1 aliphatic heterocycles. The van der Waals surface area contributed by atoms with Crippen molar-refractivity contribution in [1.29, 1.82) is 0 Å². The Kier molecular flexibility index (Phi) is 3.62. The van der Waals surface area contributed by atoms with E-state index in [0.717, 1.165) is 0 Å². The first kappa shape index (κ1) is 18.1. The van der Waals surface area contributed by atoms with Crippen molar-refractivity contribution < 1.29 is 32.6 Å². The molecule has 1 heterocycles. The highest BCUT2D eigenvalue weighted by atomic mass is 19.4. The maximum atomic E-state index is 13.2. The van der Waals surface area contributed by atoms with E-state index >= 15 is 0 Å². The quantitative estimate of drug-likeness (QED) is 0.867. The minimum atomic E-state index is -4.77. The number of hydrogen-bond acceptors (Lipinski definition) is 3. The predicted octanol–water partition coefficient (Wildman–Crippen LogP) is 3.18. The third kappa shape index (κ3) is 2.76. The molecule has 5 nitrogen and oxygen atoms in total. The molecule has 0 aromatic heterocycles. The minimum absolute atomic E-state index is 0.0442. The van der Waals surface area contributed by atoms with Crippen LogP contribution in [0.1, 0.15) is 32.3 Å². The van der Waals surface area contributed by atoms with Gasteiger partial charge in [-0.05, 0) is 41.9 Å². The van der Waals surface area contributed by atoms with Crippen molar-refractivity contribution in [3.05, 3.63) is 29.8 Å². The number of halogens is 3. The summed E-state index contributed by atoms with van der Waals surface area (Å²) >= 11 is 0. The van der Waals surface area contributed by atoms with Crippen molar-refractivity contribution >= 4 is 11.9 Å². The molecule has 1 saturated heterocycles. The number of carbonyl (C=O) groups excluding carboxylic acids is 1. The molecule has 3 aliphatic rings. The van der Waals surface area contributed by atoms with Gasteiger partial charge in [-0.1, -0.05) is 26.0 Å². The number of carboxylic acids is 1. The molecule has 0 unspecified atom stereocenters. The second kappa shape index (κ2) is 5.39. The number of ether oxygens (including phenoxy) is 1. The first-order valence-corrected chi connectivity index (χ1v) is 8.87. The first-order chi connectivity index (χ1) is 12.5. The normalized spacial score (nSPS) is 29.8. The van der Waals surface area contributed by atoms with Crippen molar-refractivity contribution in [2.75, 3.05) is 6.54 Å². The minimum Gasteiger partial charge on any atom is -0.480 e. The molecule has 1 aromatic rings. The third-order valence-corrected chi connectivity index (χ3v) is 6.52. The Morgan fingerprint density at radius 1 is 1.19 bits per heavy atom. The highest BCUT2D eigenvalue weighted by Crippen LogP contribution is 2.66. The van der Waals surface area contributed by atoms with Crippen molar-refractivity contribution in [2.45, 2.75) is 44.5 Å². The van der Waals surface area contributed by atoms with Crippen LogP contribution in [-0.4, -0.2) is 40.8 Å². The molecule has 0 bridgehead atoms. The summed E-state index contributed by atoms with van der Waals surface area (Å²) in [5.74, 6) is -1.44. The number of likely N-dealkylation sites (tertiary alicyclic amines) is 1. The zero-order chi connectivity index (χ0) is 19.8. The molecule has 3 fully saturated rings. The van der Waals surface area contributed by atoms with E-state index in [1.807, 2.05) is 13.8 Å².